The smallest absolute Gasteiger partial charge is 0.275 e. The van der Waals surface area contributed by atoms with Gasteiger partial charge in [0.25, 0.3) is 5.56 Å². The molecule has 5 nitrogen and oxygen atoms in total. The summed E-state index contributed by atoms with van der Waals surface area (Å²) < 4.78 is 29.1. The summed E-state index contributed by atoms with van der Waals surface area (Å²) >= 11 is 3.37. The number of nitrogens with zero attached hydrogens (tertiary/aromatic N) is 2. The van der Waals surface area contributed by atoms with Gasteiger partial charge in [0, 0.05) is 21.1 Å². The van der Waals surface area contributed by atoms with Crippen LogP contribution in [0.2, 0.25) is 0 Å². The molecule has 0 spiro atoms. The Kier molecular flexibility index (Phi) is 5.65. The number of nitrogens with one attached hydrogen (secondary N) is 1. The van der Waals surface area contributed by atoms with Gasteiger partial charge in [-0.3, -0.25) is 9.59 Å². The molecular weight excluding hydrogens is 468 g/mol. The number of halogens is 3. The molecule has 1 N–H and O–H groups in total. The number of amides is 1. The maximum Gasteiger partial charge on any atom is 0.275 e. The highest BCUT2D eigenvalue weighted by Crippen LogP contribution is 2.26. The molecule has 3 aromatic carbocycles. The first kappa shape index (κ1) is 20.9. The van der Waals surface area contributed by atoms with Gasteiger partial charge in [-0.25, -0.2) is 13.5 Å². The Morgan fingerprint density at radius 2 is 1.77 bits per heavy atom. The van der Waals surface area contributed by atoms with Gasteiger partial charge in [0.2, 0.25) is 5.91 Å². The lowest BCUT2D eigenvalue weighted by Gasteiger charge is -2.13. The Bertz CT molecular complexity index is 1390. The van der Waals surface area contributed by atoms with Crippen LogP contribution in [0.4, 0.5) is 14.5 Å². The van der Waals surface area contributed by atoms with Crippen LogP contribution in [0, 0.1) is 18.6 Å². The zero-order chi connectivity index (χ0) is 22.1. The van der Waals surface area contributed by atoms with Crippen LogP contribution in [0.5, 0.6) is 0 Å². The highest BCUT2D eigenvalue weighted by Gasteiger charge is 2.16. The van der Waals surface area contributed by atoms with Gasteiger partial charge in [-0.1, -0.05) is 34.1 Å². The fraction of sp³-hybridized carbons (Fsp3) is 0.0870. The molecule has 4 rings (SSSR count). The van der Waals surface area contributed by atoms with Crippen molar-refractivity contribution in [2.45, 2.75) is 13.5 Å². The van der Waals surface area contributed by atoms with Gasteiger partial charge in [-0.2, -0.15) is 5.10 Å². The van der Waals surface area contributed by atoms with Crippen molar-refractivity contribution >= 4 is 38.3 Å². The molecular formula is C23H16BrF2N3O2. The summed E-state index contributed by atoms with van der Waals surface area (Å²) in [5.41, 5.74) is 1.59. The summed E-state index contributed by atoms with van der Waals surface area (Å²) in [6.45, 7) is 1.51. The molecule has 1 aromatic heterocycles. The monoisotopic (exact) mass is 483 g/mol. The van der Waals surface area contributed by atoms with Gasteiger partial charge in [0.05, 0.1) is 11.1 Å². The molecule has 0 aliphatic rings. The predicted molar refractivity (Wildman–Crippen MR) is 119 cm³/mol. The topological polar surface area (TPSA) is 64.0 Å². The Morgan fingerprint density at radius 1 is 1.03 bits per heavy atom. The molecule has 1 amide bonds. The standard InChI is InChI=1S/C23H16BrF2N3O2/c1-13-10-15(24)7-9-20(13)27-21(30)12-29-23(31)17-5-3-2-4-16(17)22(28-29)14-6-8-18(25)19(26)11-14/h2-11H,12H2,1H3,(H,27,30). The lowest BCUT2D eigenvalue weighted by Crippen LogP contribution is -2.30. The third-order valence-corrected chi connectivity index (χ3v) is 5.31. The predicted octanol–water partition coefficient (Wildman–Crippen LogP) is 5.05. The minimum absolute atomic E-state index is 0.279. The molecule has 0 fully saturated rings. The maximum atomic E-state index is 13.8. The Balaban J connectivity index is 1.75. The maximum absolute atomic E-state index is 13.8. The molecule has 0 aliphatic carbocycles. The van der Waals surface area contributed by atoms with Crippen LogP contribution in [0.15, 0.2) is 69.9 Å². The summed E-state index contributed by atoms with van der Waals surface area (Å²) in [6.07, 6.45) is 0. The quantitative estimate of drug-likeness (QED) is 0.441. The molecule has 0 unspecified atom stereocenters. The van der Waals surface area contributed by atoms with Crippen LogP contribution in [0.1, 0.15) is 5.56 Å². The lowest BCUT2D eigenvalue weighted by molar-refractivity contribution is -0.117. The van der Waals surface area contributed by atoms with Crippen molar-refractivity contribution in [2.24, 2.45) is 0 Å². The second kappa shape index (κ2) is 8.39. The van der Waals surface area contributed by atoms with Crippen LogP contribution in [-0.4, -0.2) is 15.7 Å². The Hall–Kier alpha value is -3.39. The summed E-state index contributed by atoms with van der Waals surface area (Å²) in [4.78, 5) is 25.5. The normalized spacial score (nSPS) is 11.0. The second-order valence-corrected chi connectivity index (χ2v) is 7.91. The fourth-order valence-electron chi connectivity index (χ4n) is 3.29. The number of fused-ring (bicyclic) bond motifs is 1. The molecule has 0 saturated heterocycles. The second-order valence-electron chi connectivity index (χ2n) is 6.99. The molecule has 0 radical (unpaired) electrons. The highest BCUT2D eigenvalue weighted by atomic mass is 79.9. The SMILES string of the molecule is Cc1cc(Br)ccc1NC(=O)Cn1nc(-c2ccc(F)c(F)c2)c2ccccc2c1=O. The van der Waals surface area contributed by atoms with Crippen LogP contribution in [-0.2, 0) is 11.3 Å². The number of carbonyl (C=O) groups excluding carboxylic acids is 1. The highest BCUT2D eigenvalue weighted by molar-refractivity contribution is 9.10. The third-order valence-electron chi connectivity index (χ3n) is 4.82. The first-order valence-electron chi connectivity index (χ1n) is 9.35. The molecule has 0 bridgehead atoms. The van der Waals surface area contributed by atoms with E-state index >= 15 is 0 Å². The average molecular weight is 484 g/mol. The number of carbonyl (C=O) groups is 1. The third kappa shape index (κ3) is 4.25. The van der Waals surface area contributed by atoms with E-state index in [2.05, 4.69) is 26.3 Å². The largest absolute Gasteiger partial charge is 0.324 e. The van der Waals surface area contributed by atoms with Crippen LogP contribution in [0.25, 0.3) is 22.0 Å². The Morgan fingerprint density at radius 3 is 2.48 bits per heavy atom. The zero-order valence-corrected chi connectivity index (χ0v) is 17.9. The van der Waals surface area contributed by atoms with E-state index in [0.717, 1.165) is 26.9 Å². The molecule has 0 aliphatic heterocycles. The van der Waals surface area contributed by atoms with E-state index in [0.29, 0.717) is 22.0 Å². The van der Waals surface area contributed by atoms with Gasteiger partial charge in [0.15, 0.2) is 11.6 Å². The number of aryl methyl sites for hydroxylation is 1. The number of rotatable bonds is 4. The van der Waals surface area contributed by atoms with Crippen molar-refractivity contribution in [3.05, 3.63) is 92.7 Å². The number of aromatic nitrogens is 2. The van der Waals surface area contributed by atoms with E-state index in [-0.39, 0.29) is 12.2 Å². The minimum atomic E-state index is -1.02. The van der Waals surface area contributed by atoms with E-state index < -0.39 is 23.1 Å². The number of hydrogen-bond acceptors (Lipinski definition) is 3. The van der Waals surface area contributed by atoms with Crippen molar-refractivity contribution < 1.29 is 13.6 Å². The van der Waals surface area contributed by atoms with Crippen molar-refractivity contribution in [3.8, 4) is 11.3 Å². The van der Waals surface area contributed by atoms with Gasteiger partial charge in [-0.05, 0) is 55.0 Å². The van der Waals surface area contributed by atoms with Crippen LogP contribution < -0.4 is 10.9 Å². The van der Waals surface area contributed by atoms with Crippen LogP contribution >= 0.6 is 15.9 Å². The van der Waals surface area contributed by atoms with Crippen LogP contribution in [0.3, 0.4) is 0 Å². The van der Waals surface area contributed by atoms with E-state index in [1.807, 2.05) is 13.0 Å². The molecule has 0 saturated carbocycles. The van der Waals surface area contributed by atoms with Crippen molar-refractivity contribution in [1.82, 2.24) is 9.78 Å². The van der Waals surface area contributed by atoms with E-state index in [9.17, 15) is 18.4 Å². The van der Waals surface area contributed by atoms with Crippen molar-refractivity contribution in [2.75, 3.05) is 5.32 Å². The van der Waals surface area contributed by atoms with Crippen molar-refractivity contribution in [3.63, 3.8) is 0 Å². The molecule has 4 aromatic rings. The Labute approximate surface area is 184 Å². The summed E-state index contributed by atoms with van der Waals surface area (Å²) in [7, 11) is 0. The summed E-state index contributed by atoms with van der Waals surface area (Å²) in [5.74, 6) is -2.44. The molecule has 1 heterocycles. The number of benzene rings is 3. The van der Waals surface area contributed by atoms with E-state index in [4.69, 9.17) is 0 Å². The number of anilines is 1. The van der Waals surface area contributed by atoms with E-state index in [1.165, 1.54) is 6.07 Å². The average Bonchev–Trinajstić information content (AvgIpc) is 2.74. The first-order chi connectivity index (χ1) is 14.8. The first-order valence-corrected chi connectivity index (χ1v) is 10.1. The number of hydrogen-bond donors (Lipinski definition) is 1. The molecule has 156 valence electrons. The zero-order valence-electron chi connectivity index (χ0n) is 16.3. The van der Waals surface area contributed by atoms with E-state index in [1.54, 1.807) is 36.4 Å². The molecule has 8 heteroatoms. The van der Waals surface area contributed by atoms with Gasteiger partial charge in [0.1, 0.15) is 6.54 Å². The summed E-state index contributed by atoms with van der Waals surface area (Å²) in [5, 5.41) is 7.88. The molecule has 0 atom stereocenters. The lowest BCUT2D eigenvalue weighted by atomic mass is 10.0. The molecule has 31 heavy (non-hydrogen) atoms. The summed E-state index contributed by atoms with van der Waals surface area (Å²) in [6, 6.07) is 15.5. The minimum Gasteiger partial charge on any atom is -0.324 e. The van der Waals surface area contributed by atoms with Crippen molar-refractivity contribution in [1.29, 1.82) is 0 Å². The fourth-order valence-corrected chi connectivity index (χ4v) is 3.77. The van der Waals surface area contributed by atoms with Gasteiger partial charge in [-0.15, -0.1) is 0 Å². The van der Waals surface area contributed by atoms with Gasteiger partial charge < -0.3 is 5.32 Å². The van der Waals surface area contributed by atoms with Gasteiger partial charge >= 0.3 is 0 Å².